The molecule has 0 aliphatic heterocycles. The minimum absolute atomic E-state index is 0.291. The van der Waals surface area contributed by atoms with Gasteiger partial charge in [-0.2, -0.15) is 0 Å². The molecule has 0 saturated carbocycles. The fourth-order valence-corrected chi connectivity index (χ4v) is 14.4. The molecule has 9 aromatic rings. The third-order valence-electron chi connectivity index (χ3n) is 13.9. The van der Waals surface area contributed by atoms with E-state index < -0.39 is 18.0 Å². The largest absolute Gasteiger partial charge is 0.309 e. The Balaban J connectivity index is 1.11. The predicted octanol–water partition coefficient (Wildman–Crippen LogP) is 12.3. The van der Waals surface area contributed by atoms with Crippen LogP contribution in [0.3, 0.4) is 0 Å². The zero-order valence-electron chi connectivity index (χ0n) is 32.2. The van der Waals surface area contributed by atoms with Crippen molar-refractivity contribution < 1.29 is 13.3 Å². The van der Waals surface area contributed by atoms with Gasteiger partial charge in [0.15, 0.2) is 7.14 Å². The van der Waals surface area contributed by atoms with Crippen LogP contribution < -0.4 is 15.9 Å². The molecule has 0 amide bonds. The maximum absolute atomic E-state index is 16.9. The summed E-state index contributed by atoms with van der Waals surface area (Å²) >= 11 is 0. The number of rotatable bonds is 3. The van der Waals surface area contributed by atoms with E-state index in [1.54, 1.807) is 24.3 Å². The van der Waals surface area contributed by atoms with Crippen LogP contribution in [-0.4, -0.2) is 0 Å². The second-order valence-electron chi connectivity index (χ2n) is 16.5. The van der Waals surface area contributed by atoms with Crippen molar-refractivity contribution in [2.24, 2.45) is 0 Å². The van der Waals surface area contributed by atoms with Crippen molar-refractivity contribution in [3.05, 3.63) is 256 Å². The van der Waals surface area contributed by atoms with Crippen molar-refractivity contribution in [1.82, 2.24) is 0 Å². The smallest absolute Gasteiger partial charge is 0.171 e. The maximum Gasteiger partial charge on any atom is 0.171 e. The quantitative estimate of drug-likeness (QED) is 0.163. The Morgan fingerprint density at radius 3 is 0.967 bits per heavy atom. The Morgan fingerprint density at radius 1 is 0.283 bits per heavy atom. The number of hydrogen-bond acceptors (Lipinski definition) is 1. The van der Waals surface area contributed by atoms with Crippen LogP contribution in [0.1, 0.15) is 44.5 Å². The second kappa shape index (κ2) is 11.8. The summed E-state index contributed by atoms with van der Waals surface area (Å²) < 4.78 is 48.1. The summed E-state index contributed by atoms with van der Waals surface area (Å²) in [5, 5.41) is 2.12. The van der Waals surface area contributed by atoms with Crippen LogP contribution in [0.4, 0.5) is 8.78 Å². The maximum atomic E-state index is 16.9. The average Bonchev–Trinajstić information content (AvgIpc) is 3.97. The van der Waals surface area contributed by atoms with E-state index in [0.29, 0.717) is 10.6 Å². The zero-order valence-corrected chi connectivity index (χ0v) is 33.1. The van der Waals surface area contributed by atoms with E-state index in [1.807, 2.05) is 54.6 Å². The molecule has 0 radical (unpaired) electrons. The Hall–Kier alpha value is -6.93. The summed E-state index contributed by atoms with van der Waals surface area (Å²) in [6, 6.07) is 66.4. The Kier molecular flexibility index (Phi) is 6.71. The molecule has 2 spiro atoms. The molecule has 0 fully saturated rings. The fourth-order valence-electron chi connectivity index (χ4n) is 11.7. The lowest BCUT2D eigenvalue weighted by Crippen LogP contribution is -2.31. The van der Waals surface area contributed by atoms with Gasteiger partial charge in [-0.25, -0.2) is 8.78 Å². The van der Waals surface area contributed by atoms with Crippen molar-refractivity contribution in [2.45, 2.75) is 10.8 Å². The first-order valence-corrected chi connectivity index (χ1v) is 22.1. The minimum Gasteiger partial charge on any atom is -0.309 e. The van der Waals surface area contributed by atoms with E-state index in [9.17, 15) is 0 Å². The first-order valence-electron chi connectivity index (χ1n) is 20.4. The van der Waals surface area contributed by atoms with Crippen LogP contribution in [0, 0.1) is 11.6 Å². The molecule has 4 heteroatoms. The van der Waals surface area contributed by atoms with Crippen LogP contribution in [0.2, 0.25) is 0 Å². The van der Waals surface area contributed by atoms with Crippen molar-refractivity contribution in [1.29, 1.82) is 0 Å². The first-order chi connectivity index (χ1) is 29.4. The fraction of sp³-hybridized carbons (Fsp3) is 0.0357. The zero-order chi connectivity index (χ0) is 40.0. The SMILES string of the molecule is O=P(c1ccccc1)(c1ccc2c(c1)C1(c3ccccc3-c3ccccc31)c1cc(F)ccc1-2)c1ccc2c(c1)C1(c3ccccc3-c3ccccc31)c1cc(F)ccc1-2. The summed E-state index contributed by atoms with van der Waals surface area (Å²) in [6.07, 6.45) is 0. The van der Waals surface area contributed by atoms with Crippen molar-refractivity contribution in [3.8, 4) is 44.5 Å². The van der Waals surface area contributed by atoms with Gasteiger partial charge >= 0.3 is 0 Å². The molecule has 0 atom stereocenters. The number of fused-ring (bicyclic) bond motifs is 20. The van der Waals surface area contributed by atoms with E-state index in [1.165, 1.54) is 0 Å². The molecule has 0 bridgehead atoms. The van der Waals surface area contributed by atoms with E-state index in [-0.39, 0.29) is 11.6 Å². The topological polar surface area (TPSA) is 17.1 Å². The molecule has 60 heavy (non-hydrogen) atoms. The van der Waals surface area contributed by atoms with Crippen molar-refractivity contribution in [3.63, 3.8) is 0 Å². The summed E-state index contributed by atoms with van der Waals surface area (Å²) in [5.74, 6) is -0.582. The number of benzene rings is 9. The van der Waals surface area contributed by atoms with Gasteiger partial charge in [-0.3, -0.25) is 0 Å². The van der Waals surface area contributed by atoms with Gasteiger partial charge in [0, 0.05) is 15.9 Å². The van der Waals surface area contributed by atoms with Gasteiger partial charge in [0.1, 0.15) is 11.6 Å². The summed E-state index contributed by atoms with van der Waals surface area (Å²) in [4.78, 5) is 0. The molecular formula is C56H33F2OP. The minimum atomic E-state index is -3.65. The summed E-state index contributed by atoms with van der Waals surface area (Å²) in [5.41, 5.74) is 14.9. The average molecular weight is 791 g/mol. The lowest BCUT2D eigenvalue weighted by Gasteiger charge is -2.32. The van der Waals surface area contributed by atoms with Crippen LogP contribution in [0.25, 0.3) is 44.5 Å². The van der Waals surface area contributed by atoms with Gasteiger partial charge in [-0.1, -0.05) is 164 Å². The summed E-state index contributed by atoms with van der Waals surface area (Å²) in [7, 11) is -3.65. The van der Waals surface area contributed by atoms with Gasteiger partial charge in [0.2, 0.25) is 0 Å². The van der Waals surface area contributed by atoms with E-state index in [0.717, 1.165) is 94.3 Å². The van der Waals surface area contributed by atoms with Gasteiger partial charge < -0.3 is 4.57 Å². The molecule has 4 aliphatic carbocycles. The van der Waals surface area contributed by atoms with Gasteiger partial charge in [-0.15, -0.1) is 0 Å². The molecule has 282 valence electrons. The molecule has 4 aliphatic rings. The molecular weight excluding hydrogens is 758 g/mol. The first kappa shape index (κ1) is 34.0. The Labute approximate surface area is 346 Å². The predicted molar refractivity (Wildman–Crippen MR) is 238 cm³/mol. The molecule has 1 nitrogen and oxygen atoms in total. The van der Waals surface area contributed by atoms with Crippen LogP contribution in [0.5, 0.6) is 0 Å². The highest BCUT2D eigenvalue weighted by molar-refractivity contribution is 7.85. The lowest BCUT2D eigenvalue weighted by atomic mass is 9.70. The Bertz CT molecular complexity index is 3110. The third kappa shape index (κ3) is 3.99. The van der Waals surface area contributed by atoms with E-state index in [4.69, 9.17) is 0 Å². The van der Waals surface area contributed by atoms with Crippen molar-refractivity contribution >= 4 is 23.1 Å². The standard InChI is InChI=1S/C56H33F2OP/c57-34-22-26-43-45-28-24-37(32-53(45)55(51(43)30-34)47-18-8-4-14-39(47)40-15-5-9-19-48(40)55)60(59,36-12-2-1-3-13-36)38-25-29-46-44-27-23-35(58)31-52(44)56(54(46)33-38)49-20-10-6-16-41(49)42-17-7-11-21-50(42)56/h1-33H. The monoisotopic (exact) mass is 790 g/mol. The van der Waals surface area contributed by atoms with Crippen LogP contribution >= 0.6 is 7.14 Å². The summed E-state index contributed by atoms with van der Waals surface area (Å²) in [6.45, 7) is 0. The molecule has 0 saturated heterocycles. The molecule has 0 N–H and O–H groups in total. The number of hydrogen-bond donors (Lipinski definition) is 0. The highest BCUT2D eigenvalue weighted by Crippen LogP contribution is 2.65. The highest BCUT2D eigenvalue weighted by Gasteiger charge is 2.54. The van der Waals surface area contributed by atoms with Gasteiger partial charge in [0.05, 0.1) is 10.8 Å². The normalized spacial score (nSPS) is 14.8. The Morgan fingerprint density at radius 2 is 0.583 bits per heavy atom. The highest BCUT2D eigenvalue weighted by atomic mass is 31.2. The van der Waals surface area contributed by atoms with Crippen molar-refractivity contribution in [2.75, 3.05) is 0 Å². The molecule has 0 heterocycles. The van der Waals surface area contributed by atoms with Gasteiger partial charge in [-0.05, 0) is 125 Å². The molecule has 0 aromatic heterocycles. The van der Waals surface area contributed by atoms with E-state index in [2.05, 4.69) is 121 Å². The van der Waals surface area contributed by atoms with Crippen LogP contribution in [0.15, 0.2) is 200 Å². The second-order valence-corrected chi connectivity index (χ2v) is 19.2. The lowest BCUT2D eigenvalue weighted by molar-refractivity contribution is 0.592. The molecule has 0 unspecified atom stereocenters. The molecule has 9 aromatic carbocycles. The van der Waals surface area contributed by atoms with Gasteiger partial charge in [0.25, 0.3) is 0 Å². The molecule has 13 rings (SSSR count). The van der Waals surface area contributed by atoms with Crippen LogP contribution in [-0.2, 0) is 15.4 Å². The number of halogens is 2. The third-order valence-corrected chi connectivity index (χ3v) is 17.0. The van der Waals surface area contributed by atoms with E-state index >= 15 is 13.3 Å².